The fraction of sp³-hybridized carbons (Fsp3) is 0.478. The van der Waals surface area contributed by atoms with Gasteiger partial charge >= 0.3 is 24.3 Å². The van der Waals surface area contributed by atoms with Crippen LogP contribution in [0.15, 0.2) is 42.7 Å². The van der Waals surface area contributed by atoms with Crippen LogP contribution in [0.5, 0.6) is 0 Å². The molecule has 4 heterocycles. The zero-order valence-corrected chi connectivity index (χ0v) is 20.4. The minimum atomic E-state index is -5.08. The number of anilines is 1. The Balaban J connectivity index is 0.000000333. The van der Waals surface area contributed by atoms with E-state index in [2.05, 4.69) is 9.97 Å². The van der Waals surface area contributed by atoms with Gasteiger partial charge in [-0.25, -0.2) is 27.7 Å². The van der Waals surface area contributed by atoms with Crippen molar-refractivity contribution in [3.05, 3.63) is 54.2 Å². The van der Waals surface area contributed by atoms with Crippen molar-refractivity contribution in [1.29, 1.82) is 0 Å². The fourth-order valence-corrected chi connectivity index (χ4v) is 4.13. The Hall–Kier alpha value is -3.63. The van der Waals surface area contributed by atoms with Gasteiger partial charge in [-0.3, -0.25) is 9.88 Å². The minimum Gasteiger partial charge on any atom is -0.475 e. The summed E-state index contributed by atoms with van der Waals surface area (Å²) in [5.41, 5.74) is -0.303. The summed E-state index contributed by atoms with van der Waals surface area (Å²) in [6.45, 7) is 1.68. The Morgan fingerprint density at radius 1 is 0.850 bits per heavy atom. The summed E-state index contributed by atoms with van der Waals surface area (Å²) in [5, 5.41) is 14.2. The Kier molecular flexibility index (Phi) is 10.3. The van der Waals surface area contributed by atoms with E-state index in [1.807, 2.05) is 23.1 Å². The van der Waals surface area contributed by atoms with Crippen molar-refractivity contribution < 1.29 is 59.3 Å². The predicted molar refractivity (Wildman–Crippen MR) is 120 cm³/mol. The number of carboxylic acids is 2. The van der Waals surface area contributed by atoms with Crippen LogP contribution in [0, 0.1) is 11.2 Å². The van der Waals surface area contributed by atoms with Crippen LogP contribution < -0.4 is 4.90 Å². The third-order valence-corrected chi connectivity index (χ3v) is 6.03. The van der Waals surface area contributed by atoms with Crippen molar-refractivity contribution in [2.45, 2.75) is 37.7 Å². The molecule has 2 aliphatic rings. The van der Waals surface area contributed by atoms with Gasteiger partial charge in [0.15, 0.2) is 11.6 Å². The summed E-state index contributed by atoms with van der Waals surface area (Å²) < 4.78 is 107. The van der Waals surface area contributed by atoms with E-state index in [0.717, 1.165) is 5.69 Å². The third kappa shape index (κ3) is 8.69. The molecular weight excluding hydrogens is 567 g/mol. The van der Waals surface area contributed by atoms with Crippen LogP contribution in [-0.2, 0) is 16.1 Å². The molecule has 1 spiro atoms. The molecule has 2 aliphatic heterocycles. The fourth-order valence-electron chi connectivity index (χ4n) is 4.13. The first kappa shape index (κ1) is 32.6. The summed E-state index contributed by atoms with van der Waals surface area (Å²) in [6, 6.07) is 8.47. The second-order valence-corrected chi connectivity index (χ2v) is 8.85. The number of alkyl halides is 8. The van der Waals surface area contributed by atoms with Gasteiger partial charge in [0, 0.05) is 51.5 Å². The van der Waals surface area contributed by atoms with Gasteiger partial charge in [-0.1, -0.05) is 6.07 Å². The predicted octanol–water partition coefficient (Wildman–Crippen LogP) is 4.62. The number of rotatable bonds is 3. The van der Waals surface area contributed by atoms with Crippen molar-refractivity contribution >= 4 is 17.8 Å². The number of halogens is 9. The van der Waals surface area contributed by atoms with Crippen LogP contribution >= 0.6 is 0 Å². The Morgan fingerprint density at radius 3 is 1.93 bits per heavy atom. The second kappa shape index (κ2) is 12.7. The van der Waals surface area contributed by atoms with Gasteiger partial charge in [-0.05, 0) is 30.7 Å². The van der Waals surface area contributed by atoms with Crippen LogP contribution in [0.1, 0.15) is 18.5 Å². The van der Waals surface area contributed by atoms with Crippen LogP contribution in [0.3, 0.4) is 0 Å². The summed E-state index contributed by atoms with van der Waals surface area (Å²) in [4.78, 5) is 29.8. The van der Waals surface area contributed by atoms with E-state index < -0.39 is 41.4 Å². The standard InChI is InChI=1S/C19H21F3N4.2C2HF3O2/c20-16-5-3-9-24-17(16)26-11-6-18(14-26)13-25(10-7-19(18,21)22)12-15-4-1-2-8-23-15;2*3-2(4,5)1(6)7/h1-5,8-9H,6-7,10-14H2;2*(H,6,7). The number of hydrogen-bond acceptors (Lipinski definition) is 6. The van der Waals surface area contributed by atoms with Crippen molar-refractivity contribution in [3.8, 4) is 0 Å². The van der Waals surface area contributed by atoms with Gasteiger partial charge in [0.05, 0.1) is 11.1 Å². The van der Waals surface area contributed by atoms with E-state index in [1.54, 1.807) is 11.1 Å². The number of hydrogen-bond donors (Lipinski definition) is 2. The third-order valence-electron chi connectivity index (χ3n) is 6.03. The van der Waals surface area contributed by atoms with E-state index in [9.17, 15) is 39.5 Å². The van der Waals surface area contributed by atoms with Crippen LogP contribution in [0.25, 0.3) is 0 Å². The molecule has 2 N–H and O–H groups in total. The maximum absolute atomic E-state index is 14.9. The molecule has 2 fully saturated rings. The minimum absolute atomic E-state index is 0.118. The lowest BCUT2D eigenvalue weighted by Gasteiger charge is -2.45. The van der Waals surface area contributed by atoms with Gasteiger partial charge in [0.25, 0.3) is 5.92 Å². The molecule has 0 aromatic carbocycles. The molecule has 222 valence electrons. The first-order valence-corrected chi connectivity index (χ1v) is 11.3. The molecule has 2 aromatic heterocycles. The average Bonchev–Trinajstić information content (AvgIpc) is 3.27. The summed E-state index contributed by atoms with van der Waals surface area (Å²) in [6.07, 6.45) is -6.81. The molecule has 0 aliphatic carbocycles. The molecule has 0 bridgehead atoms. The number of nitrogens with zero attached hydrogens (tertiary/aromatic N) is 4. The average molecular weight is 590 g/mol. The van der Waals surface area contributed by atoms with E-state index >= 15 is 0 Å². The van der Waals surface area contributed by atoms with E-state index in [0.29, 0.717) is 26.1 Å². The van der Waals surface area contributed by atoms with E-state index in [4.69, 9.17) is 19.8 Å². The molecule has 2 aromatic rings. The first-order chi connectivity index (χ1) is 18.4. The van der Waals surface area contributed by atoms with Crippen molar-refractivity contribution in [1.82, 2.24) is 14.9 Å². The lowest BCUT2D eigenvalue weighted by Crippen LogP contribution is -2.56. The van der Waals surface area contributed by atoms with Gasteiger partial charge in [-0.15, -0.1) is 0 Å². The molecule has 1 unspecified atom stereocenters. The molecule has 0 radical (unpaired) electrons. The first-order valence-electron chi connectivity index (χ1n) is 11.3. The summed E-state index contributed by atoms with van der Waals surface area (Å²) in [5.74, 6) is -8.58. The maximum atomic E-state index is 14.9. The topological polar surface area (TPSA) is 107 Å². The normalized spacial score (nSPS) is 20.7. The second-order valence-electron chi connectivity index (χ2n) is 8.85. The quantitative estimate of drug-likeness (QED) is 0.499. The van der Waals surface area contributed by atoms with Crippen molar-refractivity contribution in [2.24, 2.45) is 5.41 Å². The zero-order valence-electron chi connectivity index (χ0n) is 20.4. The number of piperidine rings is 1. The molecular formula is C23H23F9N4O4. The number of carboxylic acid groups (broad SMARTS) is 2. The number of pyridine rings is 2. The smallest absolute Gasteiger partial charge is 0.475 e. The number of aliphatic carboxylic acids is 2. The van der Waals surface area contributed by atoms with Crippen LogP contribution in [0.2, 0.25) is 0 Å². The number of aromatic nitrogens is 2. The molecule has 0 saturated carbocycles. The maximum Gasteiger partial charge on any atom is 0.490 e. The van der Waals surface area contributed by atoms with E-state index in [1.165, 1.54) is 18.3 Å². The Bertz CT molecular complexity index is 1130. The highest BCUT2D eigenvalue weighted by atomic mass is 19.4. The molecule has 8 nitrogen and oxygen atoms in total. The Labute approximate surface area is 221 Å². The highest BCUT2D eigenvalue weighted by molar-refractivity contribution is 5.73. The number of likely N-dealkylation sites (tertiary alicyclic amines) is 1. The Morgan fingerprint density at radius 2 is 1.43 bits per heavy atom. The highest BCUT2D eigenvalue weighted by Crippen LogP contribution is 2.50. The lowest BCUT2D eigenvalue weighted by molar-refractivity contribution is -0.193. The van der Waals surface area contributed by atoms with Crippen molar-refractivity contribution in [3.63, 3.8) is 0 Å². The molecule has 40 heavy (non-hydrogen) atoms. The van der Waals surface area contributed by atoms with E-state index in [-0.39, 0.29) is 25.3 Å². The van der Waals surface area contributed by atoms with Gasteiger partial charge in [0.2, 0.25) is 0 Å². The SMILES string of the molecule is Fc1cccnc1N1CCC2(CN(Cc3ccccn3)CCC2(F)F)C1.O=C(O)C(F)(F)F.O=C(O)C(F)(F)F. The van der Waals surface area contributed by atoms with Crippen LogP contribution in [-0.4, -0.2) is 81.5 Å². The molecule has 4 rings (SSSR count). The monoisotopic (exact) mass is 590 g/mol. The van der Waals surface area contributed by atoms with Gasteiger partial charge in [0.1, 0.15) is 0 Å². The summed E-state index contributed by atoms with van der Waals surface area (Å²) >= 11 is 0. The molecule has 17 heteroatoms. The zero-order chi connectivity index (χ0) is 30.4. The highest BCUT2D eigenvalue weighted by Gasteiger charge is 2.59. The van der Waals surface area contributed by atoms with Crippen LogP contribution in [0.4, 0.5) is 45.3 Å². The summed E-state index contributed by atoms with van der Waals surface area (Å²) in [7, 11) is 0. The molecule has 2 saturated heterocycles. The van der Waals surface area contributed by atoms with Gasteiger partial charge in [-0.2, -0.15) is 26.3 Å². The lowest BCUT2D eigenvalue weighted by atomic mass is 9.75. The number of carbonyl (C=O) groups is 2. The van der Waals surface area contributed by atoms with Gasteiger partial charge < -0.3 is 15.1 Å². The van der Waals surface area contributed by atoms with Crippen molar-refractivity contribution in [2.75, 3.05) is 31.1 Å². The molecule has 0 amide bonds. The largest absolute Gasteiger partial charge is 0.490 e. The molecule has 1 atom stereocenters.